The summed E-state index contributed by atoms with van der Waals surface area (Å²) in [6.45, 7) is 1.35. The van der Waals surface area contributed by atoms with E-state index in [9.17, 15) is 4.79 Å². The van der Waals surface area contributed by atoms with Crippen LogP contribution in [0.25, 0.3) is 0 Å². The highest BCUT2D eigenvalue weighted by atomic mass is 79.9. The molecule has 0 aromatic rings. The van der Waals surface area contributed by atoms with E-state index < -0.39 is 5.79 Å². The second kappa shape index (κ2) is 2.11. The van der Waals surface area contributed by atoms with Crippen molar-refractivity contribution in [1.29, 1.82) is 0 Å². The Morgan fingerprint density at radius 3 is 2.24 bits per heavy atom. The molecule has 1 heterocycles. The second-order valence-electron chi connectivity index (χ2n) is 6.42. The molecule has 0 aromatic carbocycles. The van der Waals surface area contributed by atoms with E-state index in [4.69, 9.17) is 9.47 Å². The van der Waals surface area contributed by atoms with E-state index in [1.807, 2.05) is 0 Å². The zero-order valence-electron chi connectivity index (χ0n) is 8.86. The molecule has 6 aliphatic carbocycles. The summed E-state index contributed by atoms with van der Waals surface area (Å²) >= 11 is 7.73. The first-order chi connectivity index (χ1) is 8.10. The average molecular weight is 362 g/mol. The third-order valence-corrected chi connectivity index (χ3v) is 9.69. The minimum atomic E-state index is -0.476. The van der Waals surface area contributed by atoms with Gasteiger partial charge < -0.3 is 9.47 Å². The number of ether oxygens (including phenoxy) is 2. The molecule has 7 fully saturated rings. The molecule has 1 aliphatic heterocycles. The third-order valence-electron chi connectivity index (χ3n) is 6.63. The zero-order chi connectivity index (χ0) is 11.4. The molecule has 8 atom stereocenters. The van der Waals surface area contributed by atoms with E-state index in [0.717, 1.165) is 0 Å². The van der Waals surface area contributed by atoms with Gasteiger partial charge in [-0.25, -0.2) is 0 Å². The van der Waals surface area contributed by atoms with Crippen molar-refractivity contribution in [3.05, 3.63) is 0 Å². The maximum absolute atomic E-state index is 12.5. The summed E-state index contributed by atoms with van der Waals surface area (Å²) in [5, 5.41) is 0. The Bertz CT molecular complexity index is 516. The number of carbonyl (C=O) groups excluding carboxylic acids is 1. The summed E-state index contributed by atoms with van der Waals surface area (Å²) in [4.78, 5) is 12.5. The fraction of sp³-hybridized carbons (Fsp3) is 0.917. The van der Waals surface area contributed by atoms with Crippen molar-refractivity contribution >= 4 is 37.6 Å². The molecule has 1 spiro atoms. The summed E-state index contributed by atoms with van der Waals surface area (Å²) in [5.41, 5.74) is 0. The molecule has 0 aromatic heterocycles. The first-order valence-corrected chi connectivity index (χ1v) is 7.89. The van der Waals surface area contributed by atoms with E-state index in [1.54, 1.807) is 0 Å². The predicted octanol–water partition coefficient (Wildman–Crippen LogP) is 1.33. The van der Waals surface area contributed by atoms with Gasteiger partial charge in [-0.3, -0.25) is 4.79 Å². The Labute approximate surface area is 115 Å². The lowest BCUT2D eigenvalue weighted by Gasteiger charge is -2.69. The molecule has 7 aliphatic rings. The first kappa shape index (κ1) is 9.45. The predicted molar refractivity (Wildman–Crippen MR) is 63.9 cm³/mol. The summed E-state index contributed by atoms with van der Waals surface area (Å²) in [5.74, 6) is 2.50. The molecule has 4 bridgehead atoms. The van der Waals surface area contributed by atoms with Crippen LogP contribution in [0.5, 0.6) is 0 Å². The number of alkyl halides is 2. The average Bonchev–Trinajstić information content (AvgIpc) is 2.96. The van der Waals surface area contributed by atoms with Crippen LogP contribution >= 0.6 is 31.9 Å². The van der Waals surface area contributed by atoms with Gasteiger partial charge in [-0.15, -0.1) is 0 Å². The fourth-order valence-electron chi connectivity index (χ4n) is 6.58. The van der Waals surface area contributed by atoms with Crippen molar-refractivity contribution in [2.75, 3.05) is 13.2 Å². The SMILES string of the molecule is O=C1[C@@H]2[C@H]3[C@@H]4[C@@H]5[C@@H]([C@H]2[C@@]5(Br)C32OCCO2)[C@]14Br. The van der Waals surface area contributed by atoms with Crippen LogP contribution in [0.4, 0.5) is 0 Å². The van der Waals surface area contributed by atoms with Gasteiger partial charge in [-0.2, -0.15) is 0 Å². The Balaban J connectivity index is 1.69. The van der Waals surface area contributed by atoms with Crippen molar-refractivity contribution in [2.45, 2.75) is 14.4 Å². The van der Waals surface area contributed by atoms with Gasteiger partial charge in [-0.05, 0) is 23.7 Å². The highest BCUT2D eigenvalue weighted by Crippen LogP contribution is 2.96. The van der Waals surface area contributed by atoms with Gasteiger partial charge in [0.05, 0.1) is 21.9 Å². The van der Waals surface area contributed by atoms with Gasteiger partial charge in [0.15, 0.2) is 11.6 Å². The van der Waals surface area contributed by atoms with Crippen molar-refractivity contribution in [3.63, 3.8) is 0 Å². The topological polar surface area (TPSA) is 35.5 Å². The molecule has 5 heteroatoms. The Morgan fingerprint density at radius 2 is 1.65 bits per heavy atom. The number of carbonyl (C=O) groups is 1. The lowest BCUT2D eigenvalue weighted by atomic mass is 9.40. The highest BCUT2D eigenvalue weighted by Gasteiger charge is 3.04. The summed E-state index contributed by atoms with van der Waals surface area (Å²) < 4.78 is 11.8. The minimum Gasteiger partial charge on any atom is -0.346 e. The molecule has 0 radical (unpaired) electrons. The molecule has 0 amide bonds. The first-order valence-electron chi connectivity index (χ1n) is 6.30. The number of rotatable bonds is 0. The molecule has 0 N–H and O–H groups in total. The Kier molecular flexibility index (Phi) is 1.17. The van der Waals surface area contributed by atoms with Crippen LogP contribution in [0.1, 0.15) is 0 Å². The van der Waals surface area contributed by atoms with Crippen molar-refractivity contribution in [3.8, 4) is 0 Å². The number of halogens is 2. The van der Waals surface area contributed by atoms with Crippen LogP contribution in [0.2, 0.25) is 0 Å². The van der Waals surface area contributed by atoms with Crippen LogP contribution < -0.4 is 0 Å². The second-order valence-corrected chi connectivity index (χ2v) is 9.04. The van der Waals surface area contributed by atoms with Crippen molar-refractivity contribution < 1.29 is 14.3 Å². The van der Waals surface area contributed by atoms with Crippen LogP contribution in [0.3, 0.4) is 0 Å². The molecular weight excluding hydrogens is 352 g/mol. The molecule has 7 rings (SSSR count). The van der Waals surface area contributed by atoms with Crippen LogP contribution in [0.15, 0.2) is 0 Å². The van der Waals surface area contributed by atoms with Gasteiger partial charge in [0.2, 0.25) is 0 Å². The van der Waals surface area contributed by atoms with E-state index in [0.29, 0.717) is 48.6 Å². The van der Waals surface area contributed by atoms with Gasteiger partial charge in [0.25, 0.3) is 0 Å². The van der Waals surface area contributed by atoms with E-state index in [1.165, 1.54) is 0 Å². The van der Waals surface area contributed by atoms with E-state index in [2.05, 4.69) is 31.9 Å². The van der Waals surface area contributed by atoms with Gasteiger partial charge >= 0.3 is 0 Å². The summed E-state index contributed by atoms with van der Waals surface area (Å²) in [6, 6.07) is 0. The molecule has 17 heavy (non-hydrogen) atoms. The zero-order valence-corrected chi connectivity index (χ0v) is 12.0. The maximum Gasteiger partial charge on any atom is 0.188 e. The fourth-order valence-corrected chi connectivity index (χ4v) is 9.62. The molecule has 3 nitrogen and oxygen atoms in total. The van der Waals surface area contributed by atoms with Gasteiger partial charge in [-0.1, -0.05) is 31.9 Å². The molecule has 6 saturated carbocycles. The summed E-state index contributed by atoms with van der Waals surface area (Å²) in [6.07, 6.45) is 0. The number of hydrogen-bond acceptors (Lipinski definition) is 3. The van der Waals surface area contributed by atoms with Gasteiger partial charge in [0.1, 0.15) is 0 Å². The lowest BCUT2D eigenvalue weighted by molar-refractivity contribution is -0.199. The highest BCUT2D eigenvalue weighted by molar-refractivity contribution is 9.10. The molecule has 0 unspecified atom stereocenters. The maximum atomic E-state index is 12.5. The van der Waals surface area contributed by atoms with Crippen LogP contribution in [-0.4, -0.2) is 33.4 Å². The molecule has 90 valence electrons. The smallest absolute Gasteiger partial charge is 0.188 e. The van der Waals surface area contributed by atoms with Crippen LogP contribution in [0, 0.1) is 35.5 Å². The molecule has 1 saturated heterocycles. The van der Waals surface area contributed by atoms with Gasteiger partial charge in [0, 0.05) is 11.8 Å². The number of Topliss-reactive ketones (excluding diaryl/α,β-unsaturated/α-hetero) is 1. The third kappa shape index (κ3) is 0.514. The van der Waals surface area contributed by atoms with Crippen LogP contribution in [-0.2, 0) is 14.3 Å². The quantitative estimate of drug-likeness (QED) is 0.611. The normalized spacial score (nSPS) is 74.6. The van der Waals surface area contributed by atoms with Crippen molar-refractivity contribution in [2.24, 2.45) is 35.5 Å². The minimum absolute atomic E-state index is 0.0510. The van der Waals surface area contributed by atoms with E-state index >= 15 is 0 Å². The number of ketones is 1. The Morgan fingerprint density at radius 1 is 1.00 bits per heavy atom. The lowest BCUT2D eigenvalue weighted by Crippen LogP contribution is -2.75. The Hall–Kier alpha value is 0.550. The van der Waals surface area contributed by atoms with E-state index in [-0.39, 0.29) is 14.6 Å². The van der Waals surface area contributed by atoms with Crippen molar-refractivity contribution in [1.82, 2.24) is 0 Å². The monoisotopic (exact) mass is 360 g/mol. The largest absolute Gasteiger partial charge is 0.346 e. The standard InChI is InChI=1S/C12H10Br2O3/c13-10-6-4-3(9(10)15)5-7(10)8(6)11(4,14)12(5)16-1-2-17-12/h3-8H,1-2H2/t3-,4-,5-,6+,7+,8-,10+,11-/m0/s1. The number of hydrogen-bond donors (Lipinski definition) is 0. The molecular formula is C12H10Br2O3. The summed E-state index contributed by atoms with van der Waals surface area (Å²) in [7, 11) is 0.